The van der Waals surface area contributed by atoms with Gasteiger partial charge in [-0.05, 0) is 39.2 Å². The number of nitrogens with two attached hydrogens (primary N) is 1. The first-order chi connectivity index (χ1) is 21.6. The predicted octanol–water partition coefficient (Wildman–Crippen LogP) is 3.00. The van der Waals surface area contributed by atoms with Gasteiger partial charge in [0.05, 0.1) is 11.5 Å². The molecule has 13 nitrogen and oxygen atoms in total. The molecule has 0 aliphatic carbocycles. The number of aliphatic hydroxyl groups is 1. The number of hydrogen-bond acceptors (Lipinski definition) is 14. The third-order valence-electron chi connectivity index (χ3n) is 7.20. The summed E-state index contributed by atoms with van der Waals surface area (Å²) in [4.78, 5) is 66.4. The third-order valence-corrected chi connectivity index (χ3v) is 10.6. The molecule has 47 heavy (non-hydrogen) atoms. The quantitative estimate of drug-likeness (QED) is 0.0952. The number of benzene rings is 1. The summed E-state index contributed by atoms with van der Waals surface area (Å²) in [5.41, 5.74) is 6.03. The van der Waals surface area contributed by atoms with E-state index in [1.807, 2.05) is 6.92 Å². The average molecular weight is 728 g/mol. The molecule has 2 aromatic rings. The number of esters is 2. The van der Waals surface area contributed by atoms with E-state index in [1.54, 1.807) is 46.8 Å². The summed E-state index contributed by atoms with van der Waals surface area (Å²) in [5.74, 6) is -2.84. The number of nitrogens with one attached hydrogen (secondary N) is 1. The number of carbonyl (C=O) groups excluding carboxylic acids is 5. The lowest BCUT2D eigenvalue weighted by Crippen LogP contribution is -2.71. The van der Waals surface area contributed by atoms with Crippen LogP contribution in [-0.2, 0) is 28.7 Å². The van der Waals surface area contributed by atoms with Gasteiger partial charge in [-0.15, -0.1) is 34.4 Å². The number of ketones is 1. The molecule has 0 bridgehead atoms. The number of fused-ring (bicyclic) bond motifs is 1. The largest absolute Gasteiger partial charge is 0.427 e. The lowest BCUT2D eigenvalue weighted by molar-refractivity contribution is -0.173. The third kappa shape index (κ3) is 8.72. The monoisotopic (exact) mass is 727 g/mol. The molecule has 1 aromatic carbocycles. The number of β-lactam (4-membered cyclic amide) rings is 1. The zero-order chi connectivity index (χ0) is 33.9. The number of aryl methyl sites for hydroxylation is 1. The van der Waals surface area contributed by atoms with Crippen LogP contribution in [0.3, 0.4) is 0 Å². The maximum atomic E-state index is 13.5. The van der Waals surface area contributed by atoms with E-state index in [-0.39, 0.29) is 35.1 Å². The number of rotatable bonds is 12. The average Bonchev–Trinajstić information content (AvgIpc) is 3.44. The standard InChI is InChI=1S/C30H37N5O8S3.ClH/c1-14(2)19(31)22(36)17-9-7-8-10-18(17)23(37)24(38)32-20-25(39)35-21(27(40)42-13-43-28(41)30(4,5)6)16(11-44-26(20)35)12-45-29-34-33-15(3)46-29;/h7-10,14,19-20,23,26,37H,11-13,31H2,1-6H3,(H,32,38);1H/t19-,20?,23?,26-;/m0./s1. The molecule has 3 heterocycles. The normalized spacial score (nSPS) is 18.8. The summed E-state index contributed by atoms with van der Waals surface area (Å²) >= 11 is 4.08. The molecule has 1 fully saturated rings. The molecular weight excluding hydrogens is 690 g/mol. The van der Waals surface area contributed by atoms with E-state index in [4.69, 9.17) is 15.2 Å². The van der Waals surface area contributed by atoms with Crippen molar-refractivity contribution in [2.45, 2.75) is 69.4 Å². The molecule has 1 aromatic heterocycles. The van der Waals surface area contributed by atoms with Gasteiger partial charge >= 0.3 is 11.9 Å². The van der Waals surface area contributed by atoms with E-state index < -0.39 is 65.3 Å². The number of hydrogen-bond donors (Lipinski definition) is 3. The van der Waals surface area contributed by atoms with Gasteiger partial charge in [0.15, 0.2) is 16.2 Å². The van der Waals surface area contributed by atoms with E-state index in [1.165, 1.54) is 51.9 Å². The van der Waals surface area contributed by atoms with Gasteiger partial charge < -0.3 is 25.6 Å². The van der Waals surface area contributed by atoms with Crippen LogP contribution in [-0.4, -0.2) is 85.5 Å². The molecule has 2 aliphatic heterocycles. The van der Waals surface area contributed by atoms with Crippen molar-refractivity contribution in [3.8, 4) is 0 Å². The molecule has 4 N–H and O–H groups in total. The van der Waals surface area contributed by atoms with Crippen molar-refractivity contribution in [2.75, 3.05) is 18.3 Å². The second-order valence-electron chi connectivity index (χ2n) is 12.1. The molecule has 0 radical (unpaired) electrons. The number of aromatic nitrogens is 2. The fraction of sp³-hybridized carbons (Fsp3) is 0.500. The first kappa shape index (κ1) is 38.4. The Bertz CT molecular complexity index is 1560. The van der Waals surface area contributed by atoms with Crippen molar-refractivity contribution >= 4 is 76.8 Å². The summed E-state index contributed by atoms with van der Waals surface area (Å²) in [6, 6.07) is 4.26. The number of Topliss-reactive ketones (excluding diaryl/α,β-unsaturated/α-hetero) is 1. The minimum Gasteiger partial charge on any atom is -0.427 e. The topological polar surface area (TPSA) is 191 Å². The molecule has 0 saturated carbocycles. The maximum absolute atomic E-state index is 13.5. The van der Waals surface area contributed by atoms with Gasteiger partial charge in [0.25, 0.3) is 11.8 Å². The summed E-state index contributed by atoms with van der Waals surface area (Å²) in [6.07, 6.45) is -1.75. The SMILES string of the molecule is Cc1nnc(SCC2=C(C(=O)OCOC(=O)C(C)(C)C)N3C(=O)C(NC(=O)C(O)c4ccccc4C(=O)[C@@H](N)C(C)C)[C@@H]3SC2)s1.Cl. The fourth-order valence-corrected chi connectivity index (χ4v) is 7.81. The van der Waals surface area contributed by atoms with Gasteiger partial charge in [0, 0.05) is 22.6 Å². The Morgan fingerprint density at radius 2 is 1.85 bits per heavy atom. The van der Waals surface area contributed by atoms with Gasteiger partial charge in [-0.1, -0.05) is 61.2 Å². The van der Waals surface area contributed by atoms with Crippen LogP contribution in [0.1, 0.15) is 61.7 Å². The first-order valence-corrected chi connectivity index (χ1v) is 17.3. The highest BCUT2D eigenvalue weighted by Gasteiger charge is 2.55. The van der Waals surface area contributed by atoms with Crippen molar-refractivity contribution in [3.63, 3.8) is 0 Å². The number of amides is 2. The summed E-state index contributed by atoms with van der Waals surface area (Å²) < 4.78 is 11.0. The number of nitrogens with zero attached hydrogens (tertiary/aromatic N) is 3. The van der Waals surface area contributed by atoms with Crippen LogP contribution in [0, 0.1) is 18.3 Å². The van der Waals surface area contributed by atoms with Crippen LogP contribution >= 0.6 is 47.3 Å². The molecule has 4 atom stereocenters. The molecule has 4 rings (SSSR count). The second kappa shape index (κ2) is 15.9. The van der Waals surface area contributed by atoms with Crippen LogP contribution in [0.25, 0.3) is 0 Å². The number of ether oxygens (including phenoxy) is 2. The van der Waals surface area contributed by atoms with E-state index in [0.29, 0.717) is 21.4 Å². The second-order valence-corrected chi connectivity index (χ2v) is 15.6. The molecule has 2 aliphatic rings. The minimum atomic E-state index is -1.75. The van der Waals surface area contributed by atoms with Crippen LogP contribution in [0.2, 0.25) is 0 Å². The Labute approximate surface area is 291 Å². The van der Waals surface area contributed by atoms with Crippen LogP contribution in [0.15, 0.2) is 39.9 Å². The number of carbonyl (C=O) groups is 5. The summed E-state index contributed by atoms with van der Waals surface area (Å²) in [5, 5.41) is 21.8. The summed E-state index contributed by atoms with van der Waals surface area (Å²) in [7, 11) is 0. The fourth-order valence-electron chi connectivity index (χ4n) is 4.51. The van der Waals surface area contributed by atoms with Crippen molar-refractivity contribution in [1.82, 2.24) is 20.4 Å². The van der Waals surface area contributed by atoms with Crippen LogP contribution in [0.5, 0.6) is 0 Å². The molecule has 2 unspecified atom stereocenters. The molecule has 256 valence electrons. The Morgan fingerprint density at radius 1 is 1.17 bits per heavy atom. The van der Waals surface area contributed by atoms with Gasteiger partial charge in [-0.3, -0.25) is 24.1 Å². The molecule has 17 heteroatoms. The Kier molecular flexibility index (Phi) is 13.0. The molecule has 1 saturated heterocycles. The van der Waals surface area contributed by atoms with Gasteiger partial charge in [-0.2, -0.15) is 0 Å². The first-order valence-electron chi connectivity index (χ1n) is 14.4. The van der Waals surface area contributed by atoms with E-state index in [0.717, 1.165) is 5.01 Å². The van der Waals surface area contributed by atoms with Gasteiger partial charge in [-0.25, -0.2) is 4.79 Å². The van der Waals surface area contributed by atoms with E-state index >= 15 is 0 Å². The maximum Gasteiger partial charge on any atom is 0.357 e. The number of halogens is 1. The van der Waals surface area contributed by atoms with Gasteiger partial charge in [0.1, 0.15) is 22.1 Å². The van der Waals surface area contributed by atoms with Crippen molar-refractivity contribution in [2.24, 2.45) is 17.1 Å². The molecule has 2 amide bonds. The highest BCUT2D eigenvalue weighted by molar-refractivity contribution is 8.01. The Morgan fingerprint density at radius 3 is 2.47 bits per heavy atom. The minimum absolute atomic E-state index is 0. The van der Waals surface area contributed by atoms with E-state index in [2.05, 4.69) is 15.5 Å². The number of aliphatic hydroxyl groups excluding tert-OH is 1. The molecular formula is C30H38ClN5O8S3. The van der Waals surface area contributed by atoms with Gasteiger partial charge in [0.2, 0.25) is 6.79 Å². The number of thioether (sulfide) groups is 2. The smallest absolute Gasteiger partial charge is 0.357 e. The highest BCUT2D eigenvalue weighted by Crippen LogP contribution is 2.42. The van der Waals surface area contributed by atoms with E-state index in [9.17, 15) is 29.1 Å². The Balaban J connectivity index is 0.00000600. The van der Waals surface area contributed by atoms with Crippen molar-refractivity contribution in [3.05, 3.63) is 51.7 Å². The van der Waals surface area contributed by atoms with Crippen LogP contribution < -0.4 is 11.1 Å². The summed E-state index contributed by atoms with van der Waals surface area (Å²) in [6.45, 7) is 9.76. The lowest BCUT2D eigenvalue weighted by atomic mass is 9.91. The zero-order valence-electron chi connectivity index (χ0n) is 26.7. The zero-order valence-corrected chi connectivity index (χ0v) is 29.9. The predicted molar refractivity (Wildman–Crippen MR) is 180 cm³/mol. The molecule has 0 spiro atoms. The van der Waals surface area contributed by atoms with Crippen molar-refractivity contribution < 1.29 is 38.6 Å². The van der Waals surface area contributed by atoms with Crippen LogP contribution in [0.4, 0.5) is 0 Å². The lowest BCUT2D eigenvalue weighted by Gasteiger charge is -2.49. The Hall–Kier alpha value is -3.02. The van der Waals surface area contributed by atoms with Crippen molar-refractivity contribution in [1.29, 1.82) is 0 Å². The highest BCUT2D eigenvalue weighted by atomic mass is 35.5.